The second-order valence-corrected chi connectivity index (χ2v) is 4.88. The molecule has 1 N–H and O–H groups in total. The third kappa shape index (κ3) is 3.03. The fourth-order valence-corrected chi connectivity index (χ4v) is 2.31. The molecular weight excluding hydrogens is 226 g/mol. The van der Waals surface area contributed by atoms with E-state index in [1.54, 1.807) is 7.11 Å². The van der Waals surface area contributed by atoms with Crippen molar-refractivity contribution in [2.45, 2.75) is 38.8 Å². The van der Waals surface area contributed by atoms with Gasteiger partial charge in [0.1, 0.15) is 5.75 Å². The minimum atomic E-state index is 0.247. The topological polar surface area (TPSA) is 30.5 Å². The van der Waals surface area contributed by atoms with Crippen LogP contribution in [0.25, 0.3) is 0 Å². The first kappa shape index (κ1) is 13.4. The van der Waals surface area contributed by atoms with Crippen molar-refractivity contribution in [2.75, 3.05) is 20.3 Å². The number of fused-ring (bicyclic) bond motifs is 1. The van der Waals surface area contributed by atoms with Gasteiger partial charge < -0.3 is 14.8 Å². The average Bonchev–Trinajstić information content (AvgIpc) is 2.86. The average molecular weight is 249 g/mol. The van der Waals surface area contributed by atoms with Crippen LogP contribution in [0.5, 0.6) is 5.75 Å². The van der Waals surface area contributed by atoms with Crippen LogP contribution in [0.15, 0.2) is 18.2 Å². The van der Waals surface area contributed by atoms with Crippen molar-refractivity contribution in [1.29, 1.82) is 0 Å². The van der Waals surface area contributed by atoms with Crippen LogP contribution >= 0.6 is 0 Å². The Labute approximate surface area is 109 Å². The van der Waals surface area contributed by atoms with E-state index < -0.39 is 0 Å². The summed E-state index contributed by atoms with van der Waals surface area (Å²) in [4.78, 5) is 0. The Morgan fingerprint density at radius 3 is 3.00 bits per heavy atom. The van der Waals surface area contributed by atoms with Gasteiger partial charge >= 0.3 is 0 Å². The first-order valence-electron chi connectivity index (χ1n) is 6.76. The first-order valence-corrected chi connectivity index (χ1v) is 6.76. The SMILES string of the molecule is CCC(NCC(C)OC)c1ccc2c(c1)CCO2. The summed E-state index contributed by atoms with van der Waals surface area (Å²) in [5.74, 6) is 1.05. The monoisotopic (exact) mass is 249 g/mol. The minimum Gasteiger partial charge on any atom is -0.493 e. The molecule has 100 valence electrons. The zero-order valence-electron chi connectivity index (χ0n) is 11.5. The summed E-state index contributed by atoms with van der Waals surface area (Å²) >= 11 is 0. The lowest BCUT2D eigenvalue weighted by atomic mass is 10.0. The van der Waals surface area contributed by atoms with Gasteiger partial charge in [-0.15, -0.1) is 0 Å². The maximum absolute atomic E-state index is 5.54. The number of benzene rings is 1. The molecule has 1 aliphatic rings. The van der Waals surface area contributed by atoms with Crippen molar-refractivity contribution in [2.24, 2.45) is 0 Å². The Kier molecular flexibility index (Phi) is 4.61. The molecule has 0 aliphatic carbocycles. The molecule has 0 amide bonds. The molecule has 2 atom stereocenters. The highest BCUT2D eigenvalue weighted by molar-refractivity contribution is 5.40. The number of nitrogens with one attached hydrogen (secondary N) is 1. The molecule has 2 rings (SSSR count). The lowest BCUT2D eigenvalue weighted by molar-refractivity contribution is 0.114. The van der Waals surface area contributed by atoms with E-state index in [2.05, 4.69) is 37.4 Å². The number of hydrogen-bond acceptors (Lipinski definition) is 3. The van der Waals surface area contributed by atoms with E-state index >= 15 is 0 Å². The number of methoxy groups -OCH3 is 1. The summed E-state index contributed by atoms with van der Waals surface area (Å²) in [7, 11) is 1.75. The summed E-state index contributed by atoms with van der Waals surface area (Å²) in [5, 5.41) is 3.56. The normalized spacial score (nSPS) is 17.1. The number of rotatable bonds is 6. The van der Waals surface area contributed by atoms with Gasteiger partial charge in [0.05, 0.1) is 12.7 Å². The molecule has 0 fully saturated rings. The Hall–Kier alpha value is -1.06. The molecule has 0 spiro atoms. The molecule has 3 nitrogen and oxygen atoms in total. The maximum atomic E-state index is 5.54. The van der Waals surface area contributed by atoms with E-state index in [0.29, 0.717) is 6.04 Å². The van der Waals surface area contributed by atoms with Crippen LogP contribution < -0.4 is 10.1 Å². The van der Waals surface area contributed by atoms with Gasteiger partial charge in [0.2, 0.25) is 0 Å². The molecule has 1 aromatic rings. The van der Waals surface area contributed by atoms with Gasteiger partial charge in [0.25, 0.3) is 0 Å². The minimum absolute atomic E-state index is 0.247. The van der Waals surface area contributed by atoms with E-state index in [0.717, 1.165) is 31.7 Å². The highest BCUT2D eigenvalue weighted by atomic mass is 16.5. The van der Waals surface area contributed by atoms with Gasteiger partial charge in [-0.2, -0.15) is 0 Å². The molecule has 2 unspecified atom stereocenters. The van der Waals surface area contributed by atoms with E-state index in [1.165, 1.54) is 11.1 Å². The third-order valence-electron chi connectivity index (χ3n) is 3.58. The Balaban J connectivity index is 2.03. The molecule has 3 heteroatoms. The molecule has 0 saturated carbocycles. The fourth-order valence-electron chi connectivity index (χ4n) is 2.31. The van der Waals surface area contributed by atoms with Crippen LogP contribution in [0, 0.1) is 0 Å². The van der Waals surface area contributed by atoms with Crippen LogP contribution in [0.3, 0.4) is 0 Å². The predicted molar refractivity (Wildman–Crippen MR) is 73.1 cm³/mol. The van der Waals surface area contributed by atoms with Gasteiger partial charge in [-0.3, -0.25) is 0 Å². The van der Waals surface area contributed by atoms with Gasteiger partial charge in [-0.25, -0.2) is 0 Å². The number of ether oxygens (including phenoxy) is 2. The summed E-state index contributed by atoms with van der Waals surface area (Å²) < 4.78 is 10.8. The fraction of sp³-hybridized carbons (Fsp3) is 0.600. The third-order valence-corrected chi connectivity index (χ3v) is 3.58. The van der Waals surface area contributed by atoms with E-state index in [1.807, 2.05) is 0 Å². The van der Waals surface area contributed by atoms with Crippen LogP contribution in [-0.2, 0) is 11.2 Å². The van der Waals surface area contributed by atoms with Crippen molar-refractivity contribution < 1.29 is 9.47 Å². The van der Waals surface area contributed by atoms with E-state index in [-0.39, 0.29) is 6.10 Å². The smallest absolute Gasteiger partial charge is 0.122 e. The lowest BCUT2D eigenvalue weighted by Gasteiger charge is -2.20. The van der Waals surface area contributed by atoms with Crippen LogP contribution in [-0.4, -0.2) is 26.4 Å². The molecule has 1 heterocycles. The lowest BCUT2D eigenvalue weighted by Crippen LogP contribution is -2.29. The second-order valence-electron chi connectivity index (χ2n) is 4.88. The molecule has 0 bridgehead atoms. The number of hydrogen-bond donors (Lipinski definition) is 1. The van der Waals surface area contributed by atoms with Crippen LogP contribution in [0.4, 0.5) is 0 Å². The standard InChI is InChI=1S/C15H23NO2/c1-4-14(16-10-11(2)17-3)12-5-6-15-13(9-12)7-8-18-15/h5-6,9,11,14,16H,4,7-8,10H2,1-3H3. The summed E-state index contributed by atoms with van der Waals surface area (Å²) in [6, 6.07) is 6.94. The molecule has 0 radical (unpaired) electrons. The molecule has 0 aromatic heterocycles. The molecule has 0 saturated heterocycles. The van der Waals surface area contributed by atoms with Crippen molar-refractivity contribution in [3.63, 3.8) is 0 Å². The zero-order valence-corrected chi connectivity index (χ0v) is 11.5. The Bertz CT molecular complexity index is 392. The summed E-state index contributed by atoms with van der Waals surface area (Å²) in [6.45, 7) is 5.99. The van der Waals surface area contributed by atoms with Crippen molar-refractivity contribution in [1.82, 2.24) is 5.32 Å². The van der Waals surface area contributed by atoms with Gasteiger partial charge in [-0.1, -0.05) is 19.1 Å². The quantitative estimate of drug-likeness (QED) is 0.841. The van der Waals surface area contributed by atoms with E-state index in [9.17, 15) is 0 Å². The van der Waals surface area contributed by atoms with Crippen LogP contribution in [0.1, 0.15) is 37.4 Å². The Morgan fingerprint density at radius 2 is 2.28 bits per heavy atom. The first-order chi connectivity index (χ1) is 8.74. The predicted octanol–water partition coefficient (Wildman–Crippen LogP) is 2.70. The van der Waals surface area contributed by atoms with E-state index in [4.69, 9.17) is 9.47 Å². The highest BCUT2D eigenvalue weighted by Crippen LogP contribution is 2.29. The van der Waals surface area contributed by atoms with Gasteiger partial charge in [0, 0.05) is 26.1 Å². The van der Waals surface area contributed by atoms with Gasteiger partial charge in [0.15, 0.2) is 0 Å². The van der Waals surface area contributed by atoms with Gasteiger partial charge in [-0.05, 0) is 30.5 Å². The van der Waals surface area contributed by atoms with Crippen LogP contribution in [0.2, 0.25) is 0 Å². The van der Waals surface area contributed by atoms with Crippen molar-refractivity contribution >= 4 is 0 Å². The molecule has 1 aromatic carbocycles. The van der Waals surface area contributed by atoms with Crippen molar-refractivity contribution in [3.05, 3.63) is 29.3 Å². The summed E-state index contributed by atoms with van der Waals surface area (Å²) in [6.07, 6.45) is 2.36. The molecule has 18 heavy (non-hydrogen) atoms. The highest BCUT2D eigenvalue weighted by Gasteiger charge is 2.16. The maximum Gasteiger partial charge on any atom is 0.122 e. The zero-order chi connectivity index (χ0) is 13.0. The largest absolute Gasteiger partial charge is 0.493 e. The molecule has 1 aliphatic heterocycles. The Morgan fingerprint density at radius 1 is 1.44 bits per heavy atom. The second kappa shape index (κ2) is 6.21. The summed E-state index contributed by atoms with van der Waals surface area (Å²) in [5.41, 5.74) is 2.69. The molecular formula is C15H23NO2. The van der Waals surface area contributed by atoms with Crippen molar-refractivity contribution in [3.8, 4) is 5.75 Å².